The molecule has 0 atom stereocenters. The van der Waals surface area contributed by atoms with E-state index in [0.29, 0.717) is 0 Å². The van der Waals surface area contributed by atoms with Crippen molar-refractivity contribution < 1.29 is 0 Å². The first-order valence-corrected chi connectivity index (χ1v) is 5.14. The molecule has 1 fully saturated rings. The summed E-state index contributed by atoms with van der Waals surface area (Å²) in [5.41, 5.74) is 1.26. The zero-order valence-electron chi connectivity index (χ0n) is 7.62. The van der Waals surface area contributed by atoms with Gasteiger partial charge in [-0.3, -0.25) is 0 Å². The molecule has 0 radical (unpaired) electrons. The van der Waals surface area contributed by atoms with Crippen molar-refractivity contribution >= 4 is 17.1 Å². The molecule has 1 aliphatic heterocycles. The maximum atomic E-state index is 5.33. The Morgan fingerprint density at radius 3 is 2.77 bits per heavy atom. The van der Waals surface area contributed by atoms with Crippen LogP contribution in [-0.2, 0) is 0 Å². The molecule has 0 aromatic heterocycles. The number of allylic oxidation sites excluding steroid dienone is 4. The summed E-state index contributed by atoms with van der Waals surface area (Å²) in [6, 6.07) is 0. The summed E-state index contributed by atoms with van der Waals surface area (Å²) in [6.45, 7) is 4.31. The first-order valence-electron chi connectivity index (χ1n) is 4.73. The van der Waals surface area contributed by atoms with Crippen molar-refractivity contribution in [1.82, 2.24) is 10.2 Å². The van der Waals surface area contributed by atoms with Crippen LogP contribution in [0.15, 0.2) is 23.9 Å². The van der Waals surface area contributed by atoms with E-state index >= 15 is 0 Å². The molecule has 0 spiro atoms. The fourth-order valence-electron chi connectivity index (χ4n) is 1.72. The third-order valence-corrected chi connectivity index (χ3v) is 2.81. The van der Waals surface area contributed by atoms with E-state index in [1.807, 2.05) is 0 Å². The van der Waals surface area contributed by atoms with Crippen LogP contribution < -0.4 is 5.32 Å². The van der Waals surface area contributed by atoms with Crippen LogP contribution in [-0.4, -0.2) is 35.9 Å². The van der Waals surface area contributed by atoms with Gasteiger partial charge < -0.3 is 10.2 Å². The van der Waals surface area contributed by atoms with Crippen LogP contribution >= 0.6 is 12.2 Å². The van der Waals surface area contributed by atoms with Crippen LogP contribution in [0.5, 0.6) is 0 Å². The Morgan fingerprint density at radius 2 is 2.08 bits per heavy atom. The average molecular weight is 194 g/mol. The molecule has 3 heteroatoms. The Kier molecular flexibility index (Phi) is 2.76. The minimum atomic E-state index is 0.936. The van der Waals surface area contributed by atoms with Gasteiger partial charge in [0.25, 0.3) is 0 Å². The van der Waals surface area contributed by atoms with Gasteiger partial charge in [0.05, 0.1) is 5.70 Å². The Morgan fingerprint density at radius 1 is 1.31 bits per heavy atom. The molecule has 1 saturated heterocycles. The van der Waals surface area contributed by atoms with Crippen molar-refractivity contribution in [2.24, 2.45) is 0 Å². The zero-order valence-corrected chi connectivity index (χ0v) is 8.44. The summed E-state index contributed by atoms with van der Waals surface area (Å²) >= 11 is 5.33. The van der Waals surface area contributed by atoms with Crippen LogP contribution in [0.4, 0.5) is 0 Å². The molecular weight excluding hydrogens is 180 g/mol. The molecule has 0 amide bonds. The number of piperazine rings is 1. The highest BCUT2D eigenvalue weighted by Crippen LogP contribution is 2.15. The number of rotatable bonds is 1. The predicted molar refractivity (Wildman–Crippen MR) is 58.9 cm³/mol. The maximum Gasteiger partial charge on any atom is 0.0511 e. The van der Waals surface area contributed by atoms with Gasteiger partial charge in [-0.2, -0.15) is 0 Å². The molecule has 0 aromatic rings. The van der Waals surface area contributed by atoms with Gasteiger partial charge in [0.15, 0.2) is 0 Å². The quantitative estimate of drug-likeness (QED) is 0.629. The minimum Gasteiger partial charge on any atom is -0.368 e. The third kappa shape index (κ3) is 1.98. The monoisotopic (exact) mass is 194 g/mol. The molecule has 1 aliphatic carbocycles. The first kappa shape index (κ1) is 8.91. The highest BCUT2D eigenvalue weighted by molar-refractivity contribution is 7.80. The zero-order chi connectivity index (χ0) is 9.10. The molecule has 1 N–H and O–H groups in total. The number of hydrogen-bond acceptors (Lipinski definition) is 3. The van der Waals surface area contributed by atoms with E-state index in [2.05, 4.69) is 28.4 Å². The van der Waals surface area contributed by atoms with E-state index in [4.69, 9.17) is 12.2 Å². The van der Waals surface area contributed by atoms with Crippen molar-refractivity contribution in [3.63, 3.8) is 0 Å². The largest absolute Gasteiger partial charge is 0.368 e. The van der Waals surface area contributed by atoms with Crippen LogP contribution in [0, 0.1) is 0 Å². The smallest absolute Gasteiger partial charge is 0.0511 e. The Bertz CT molecular complexity index is 262. The van der Waals surface area contributed by atoms with Gasteiger partial charge in [-0.15, -0.1) is 0 Å². The van der Waals surface area contributed by atoms with Crippen LogP contribution in [0.25, 0.3) is 0 Å². The maximum absolute atomic E-state index is 5.33. The fourth-order valence-corrected chi connectivity index (χ4v) is 2.01. The van der Waals surface area contributed by atoms with Crippen LogP contribution in [0.3, 0.4) is 0 Å². The summed E-state index contributed by atoms with van der Waals surface area (Å²) < 4.78 is 0. The van der Waals surface area contributed by atoms with Crippen LogP contribution in [0.2, 0.25) is 0 Å². The second kappa shape index (κ2) is 4.03. The van der Waals surface area contributed by atoms with Crippen molar-refractivity contribution in [3.05, 3.63) is 23.9 Å². The molecule has 1 heterocycles. The molecule has 2 rings (SSSR count). The standard InChI is InChI=1S/C10H14N2S/c13-10-4-2-1-3-9(10)12-7-5-11-6-8-12/h1-3,11H,4-8H2. The molecule has 2 aliphatic rings. The summed E-state index contributed by atoms with van der Waals surface area (Å²) in [5.74, 6) is 0. The van der Waals surface area contributed by atoms with E-state index in [-0.39, 0.29) is 0 Å². The lowest BCUT2D eigenvalue weighted by atomic mass is 10.1. The van der Waals surface area contributed by atoms with Crippen molar-refractivity contribution in [1.29, 1.82) is 0 Å². The number of hydrogen-bond donors (Lipinski definition) is 1. The normalized spacial score (nSPS) is 23.2. The molecule has 70 valence electrons. The molecule has 13 heavy (non-hydrogen) atoms. The molecule has 0 bridgehead atoms. The fraction of sp³-hybridized carbons (Fsp3) is 0.500. The van der Waals surface area contributed by atoms with E-state index in [1.54, 1.807) is 0 Å². The number of nitrogens with zero attached hydrogens (tertiary/aromatic N) is 1. The van der Waals surface area contributed by atoms with Crippen molar-refractivity contribution in [2.75, 3.05) is 26.2 Å². The molecule has 2 nitrogen and oxygen atoms in total. The van der Waals surface area contributed by atoms with E-state index in [0.717, 1.165) is 37.5 Å². The predicted octanol–water partition coefficient (Wildman–Crippen LogP) is 1.11. The van der Waals surface area contributed by atoms with E-state index < -0.39 is 0 Å². The second-order valence-electron chi connectivity index (χ2n) is 3.34. The number of thiocarbonyl (C=S) groups is 1. The third-order valence-electron chi connectivity index (χ3n) is 2.44. The summed E-state index contributed by atoms with van der Waals surface area (Å²) in [7, 11) is 0. The van der Waals surface area contributed by atoms with Crippen molar-refractivity contribution in [3.8, 4) is 0 Å². The van der Waals surface area contributed by atoms with Gasteiger partial charge in [0.2, 0.25) is 0 Å². The van der Waals surface area contributed by atoms with E-state index in [9.17, 15) is 0 Å². The average Bonchev–Trinajstić information content (AvgIpc) is 2.20. The highest BCUT2D eigenvalue weighted by atomic mass is 32.1. The summed E-state index contributed by atoms with van der Waals surface area (Å²) in [4.78, 5) is 3.46. The Hall–Kier alpha value is -0.670. The Balaban J connectivity index is 2.09. The van der Waals surface area contributed by atoms with Gasteiger partial charge in [0.1, 0.15) is 0 Å². The van der Waals surface area contributed by atoms with Gasteiger partial charge in [-0.25, -0.2) is 0 Å². The molecule has 0 saturated carbocycles. The van der Waals surface area contributed by atoms with E-state index in [1.165, 1.54) is 5.70 Å². The number of nitrogens with one attached hydrogen (secondary N) is 1. The van der Waals surface area contributed by atoms with Gasteiger partial charge in [-0.1, -0.05) is 24.4 Å². The van der Waals surface area contributed by atoms with Gasteiger partial charge in [-0.05, 0) is 6.08 Å². The van der Waals surface area contributed by atoms with Crippen LogP contribution in [0.1, 0.15) is 6.42 Å². The molecule has 0 aromatic carbocycles. The second-order valence-corrected chi connectivity index (χ2v) is 3.84. The molecular formula is C10H14N2S. The molecule has 0 unspecified atom stereocenters. The topological polar surface area (TPSA) is 15.3 Å². The van der Waals surface area contributed by atoms with Gasteiger partial charge >= 0.3 is 0 Å². The summed E-state index contributed by atoms with van der Waals surface area (Å²) in [5, 5.41) is 3.34. The highest BCUT2D eigenvalue weighted by Gasteiger charge is 2.16. The SMILES string of the molecule is S=C1CC=CC=C1N1CCNCC1. The lowest BCUT2D eigenvalue weighted by Gasteiger charge is -2.32. The minimum absolute atomic E-state index is 0.936. The van der Waals surface area contributed by atoms with Crippen molar-refractivity contribution in [2.45, 2.75) is 6.42 Å². The summed E-state index contributed by atoms with van der Waals surface area (Å²) in [6.07, 6.45) is 7.30. The lowest BCUT2D eigenvalue weighted by Crippen LogP contribution is -2.44. The first-order chi connectivity index (χ1) is 6.38. The lowest BCUT2D eigenvalue weighted by molar-refractivity contribution is 0.312. The Labute approximate surface area is 84.3 Å². The van der Waals surface area contributed by atoms with Gasteiger partial charge in [0, 0.05) is 37.5 Å².